The van der Waals surface area contributed by atoms with Gasteiger partial charge >= 0.3 is 0 Å². The van der Waals surface area contributed by atoms with E-state index in [2.05, 4.69) is 0 Å². The van der Waals surface area contributed by atoms with Crippen LogP contribution in [-0.4, -0.2) is 18.8 Å². The van der Waals surface area contributed by atoms with Gasteiger partial charge < -0.3 is 15.6 Å². The quantitative estimate of drug-likeness (QED) is 0.882. The maximum atomic E-state index is 13.7. The van der Waals surface area contributed by atoms with Gasteiger partial charge in [0.25, 0.3) is 0 Å². The molecule has 1 fully saturated rings. The van der Waals surface area contributed by atoms with Crippen LogP contribution in [0.2, 0.25) is 0 Å². The monoisotopic (exact) mass is 267 g/mol. The maximum absolute atomic E-state index is 13.7. The summed E-state index contributed by atoms with van der Waals surface area (Å²) in [5.41, 5.74) is 6.17. The van der Waals surface area contributed by atoms with E-state index >= 15 is 0 Å². The van der Waals surface area contributed by atoms with Gasteiger partial charge in [-0.15, -0.1) is 0 Å². The Morgan fingerprint density at radius 2 is 2.05 bits per heavy atom. The predicted octanol–water partition coefficient (Wildman–Crippen LogP) is 2.78. The largest absolute Gasteiger partial charge is 0.494 e. The Bertz CT molecular complexity index is 430. The number of hydrogen-bond acceptors (Lipinski definition) is 3. The molecule has 2 rings (SSSR count). The second kappa shape index (κ2) is 5.88. The molecule has 3 N–H and O–H groups in total. The fourth-order valence-corrected chi connectivity index (χ4v) is 3.05. The van der Waals surface area contributed by atoms with E-state index in [-0.39, 0.29) is 11.2 Å². The van der Waals surface area contributed by atoms with Crippen LogP contribution in [0.25, 0.3) is 0 Å². The van der Waals surface area contributed by atoms with Gasteiger partial charge in [-0.2, -0.15) is 0 Å². The van der Waals surface area contributed by atoms with E-state index in [0.29, 0.717) is 12.1 Å². The van der Waals surface area contributed by atoms with Gasteiger partial charge in [0.15, 0.2) is 11.6 Å². The summed E-state index contributed by atoms with van der Waals surface area (Å²) in [7, 11) is 1.43. The number of benzene rings is 1. The van der Waals surface area contributed by atoms with E-state index in [1.807, 2.05) is 0 Å². The highest BCUT2D eigenvalue weighted by Crippen LogP contribution is 2.45. The second-order valence-electron chi connectivity index (χ2n) is 5.42. The first-order chi connectivity index (χ1) is 9.13. The summed E-state index contributed by atoms with van der Waals surface area (Å²) in [6.45, 7) is 0.432. The summed E-state index contributed by atoms with van der Waals surface area (Å²) in [6.07, 6.45) is 4.43. The Morgan fingerprint density at radius 1 is 1.37 bits per heavy atom. The molecule has 1 saturated carbocycles. The Kier molecular flexibility index (Phi) is 4.42. The van der Waals surface area contributed by atoms with Gasteiger partial charge in [0.2, 0.25) is 0 Å². The van der Waals surface area contributed by atoms with Crippen LogP contribution in [0.4, 0.5) is 4.39 Å². The molecule has 19 heavy (non-hydrogen) atoms. The number of nitrogens with two attached hydrogens (primary N) is 1. The van der Waals surface area contributed by atoms with Gasteiger partial charge in [0, 0.05) is 12.0 Å². The molecule has 0 spiro atoms. The normalized spacial score (nSPS) is 20.0. The number of hydrogen-bond donors (Lipinski definition) is 2. The minimum atomic E-state index is -0.710. The van der Waals surface area contributed by atoms with Crippen molar-refractivity contribution in [2.75, 3.05) is 13.7 Å². The zero-order chi connectivity index (χ0) is 13.9. The lowest BCUT2D eigenvalue weighted by atomic mass is 9.68. The summed E-state index contributed by atoms with van der Waals surface area (Å²) in [4.78, 5) is 0. The third kappa shape index (κ3) is 2.74. The highest BCUT2D eigenvalue weighted by atomic mass is 19.1. The fourth-order valence-electron chi connectivity index (χ4n) is 3.05. The van der Waals surface area contributed by atoms with E-state index in [1.54, 1.807) is 12.1 Å². The van der Waals surface area contributed by atoms with E-state index in [1.165, 1.54) is 19.6 Å². The molecule has 0 radical (unpaired) electrons. The van der Waals surface area contributed by atoms with Crippen LogP contribution in [-0.2, 0) is 0 Å². The van der Waals surface area contributed by atoms with Gasteiger partial charge in [-0.05, 0) is 30.5 Å². The molecule has 1 aromatic carbocycles. The van der Waals surface area contributed by atoms with Crippen molar-refractivity contribution in [2.45, 2.75) is 38.2 Å². The molecule has 0 aromatic heterocycles. The van der Waals surface area contributed by atoms with Crippen LogP contribution in [0.1, 0.15) is 43.8 Å². The third-order valence-electron chi connectivity index (χ3n) is 4.33. The molecule has 1 aliphatic rings. The molecule has 1 atom stereocenters. The van der Waals surface area contributed by atoms with Crippen LogP contribution in [0.3, 0.4) is 0 Å². The lowest BCUT2D eigenvalue weighted by Gasteiger charge is -2.40. The molecule has 0 saturated heterocycles. The minimum absolute atomic E-state index is 0.196. The molecule has 3 nitrogen and oxygen atoms in total. The highest BCUT2D eigenvalue weighted by molar-refractivity contribution is 5.31. The van der Waals surface area contributed by atoms with Crippen LogP contribution in [0.5, 0.6) is 5.75 Å². The number of methoxy groups -OCH3 is 1. The minimum Gasteiger partial charge on any atom is -0.494 e. The lowest BCUT2D eigenvalue weighted by Crippen LogP contribution is -2.38. The summed E-state index contributed by atoms with van der Waals surface area (Å²) >= 11 is 0. The smallest absolute Gasteiger partial charge is 0.165 e. The fraction of sp³-hybridized carbons (Fsp3) is 0.600. The molecule has 0 bridgehead atoms. The summed E-state index contributed by atoms with van der Waals surface area (Å²) in [6, 6.07) is 4.63. The summed E-state index contributed by atoms with van der Waals surface area (Å²) in [5, 5.41) is 10.6. The molecule has 0 amide bonds. The molecule has 4 heteroatoms. The summed E-state index contributed by atoms with van der Waals surface area (Å²) in [5.74, 6) is -0.247. The summed E-state index contributed by atoms with van der Waals surface area (Å²) < 4.78 is 18.6. The molecule has 0 aliphatic heterocycles. The average molecular weight is 267 g/mol. The van der Waals surface area contributed by atoms with E-state index in [0.717, 1.165) is 25.7 Å². The lowest BCUT2D eigenvalue weighted by molar-refractivity contribution is 0.000481. The first kappa shape index (κ1) is 14.3. The first-order valence-electron chi connectivity index (χ1n) is 6.84. The Hall–Kier alpha value is -1.13. The maximum Gasteiger partial charge on any atom is 0.165 e. The van der Waals surface area contributed by atoms with E-state index in [4.69, 9.17) is 10.5 Å². The number of aliphatic hydroxyl groups is 1. The van der Waals surface area contributed by atoms with Gasteiger partial charge in [-0.1, -0.05) is 25.3 Å². The number of halogens is 1. The van der Waals surface area contributed by atoms with E-state index in [9.17, 15) is 9.50 Å². The molecular weight excluding hydrogens is 245 g/mol. The Balaban J connectivity index is 2.26. The van der Waals surface area contributed by atoms with Gasteiger partial charge in [0.05, 0.1) is 13.2 Å². The predicted molar refractivity (Wildman–Crippen MR) is 72.5 cm³/mol. The third-order valence-corrected chi connectivity index (χ3v) is 4.33. The number of ether oxygens (including phenoxy) is 1. The topological polar surface area (TPSA) is 55.5 Å². The van der Waals surface area contributed by atoms with Crippen molar-refractivity contribution in [1.82, 2.24) is 0 Å². The SMILES string of the molecule is COc1ccc(C(O)C2(CN)CCCCC2)cc1F. The molecule has 0 heterocycles. The van der Waals surface area contributed by atoms with Crippen molar-refractivity contribution in [3.8, 4) is 5.75 Å². The van der Waals surface area contributed by atoms with Crippen LogP contribution in [0.15, 0.2) is 18.2 Å². The van der Waals surface area contributed by atoms with Crippen LogP contribution < -0.4 is 10.5 Å². The van der Waals surface area contributed by atoms with E-state index < -0.39 is 11.9 Å². The molecule has 1 aromatic rings. The van der Waals surface area contributed by atoms with Gasteiger partial charge in [-0.3, -0.25) is 0 Å². The van der Waals surface area contributed by atoms with Crippen LogP contribution in [0, 0.1) is 11.2 Å². The zero-order valence-electron chi connectivity index (χ0n) is 11.4. The number of rotatable bonds is 4. The first-order valence-corrected chi connectivity index (χ1v) is 6.84. The van der Waals surface area contributed by atoms with Crippen LogP contribution >= 0.6 is 0 Å². The average Bonchev–Trinajstić information content (AvgIpc) is 2.47. The van der Waals surface area contributed by atoms with Gasteiger partial charge in [-0.25, -0.2) is 4.39 Å². The highest BCUT2D eigenvalue weighted by Gasteiger charge is 2.38. The van der Waals surface area contributed by atoms with Crippen molar-refractivity contribution in [1.29, 1.82) is 0 Å². The van der Waals surface area contributed by atoms with Gasteiger partial charge in [0.1, 0.15) is 0 Å². The Labute approximate surface area is 113 Å². The molecule has 106 valence electrons. The standard InChI is InChI=1S/C15H22FNO2/c1-19-13-6-5-11(9-12(13)16)14(18)15(10-17)7-3-2-4-8-15/h5-6,9,14,18H,2-4,7-8,10,17H2,1H3. The zero-order valence-corrected chi connectivity index (χ0v) is 11.4. The van der Waals surface area contributed by atoms with Crippen molar-refractivity contribution < 1.29 is 14.2 Å². The van der Waals surface area contributed by atoms with Crippen molar-refractivity contribution in [3.05, 3.63) is 29.6 Å². The van der Waals surface area contributed by atoms with Crippen molar-refractivity contribution in [2.24, 2.45) is 11.1 Å². The Morgan fingerprint density at radius 3 is 2.58 bits per heavy atom. The molecule has 1 aliphatic carbocycles. The second-order valence-corrected chi connectivity index (χ2v) is 5.42. The molecule has 1 unspecified atom stereocenters. The van der Waals surface area contributed by atoms with Crippen molar-refractivity contribution >= 4 is 0 Å². The van der Waals surface area contributed by atoms with Crippen molar-refractivity contribution in [3.63, 3.8) is 0 Å². The molecular formula is C15H22FNO2. The number of aliphatic hydroxyl groups excluding tert-OH is 1.